The smallest absolute Gasteiger partial charge is 0.222 e. The third kappa shape index (κ3) is 2.18. The van der Waals surface area contributed by atoms with E-state index in [2.05, 4.69) is 35.9 Å². The van der Waals surface area contributed by atoms with Crippen LogP contribution in [0.5, 0.6) is 0 Å². The van der Waals surface area contributed by atoms with Crippen LogP contribution in [-0.4, -0.2) is 9.97 Å². The van der Waals surface area contributed by atoms with Crippen LogP contribution in [0.4, 0.5) is 5.95 Å². The van der Waals surface area contributed by atoms with Gasteiger partial charge in [-0.15, -0.1) is 0 Å². The van der Waals surface area contributed by atoms with E-state index in [-0.39, 0.29) is 5.95 Å². The van der Waals surface area contributed by atoms with Gasteiger partial charge in [0.25, 0.3) is 0 Å². The summed E-state index contributed by atoms with van der Waals surface area (Å²) >= 11 is 6.16. The average molecular weight is 262 g/mol. The summed E-state index contributed by atoms with van der Waals surface area (Å²) in [6.07, 6.45) is 0.780. The van der Waals surface area contributed by atoms with Crippen LogP contribution >= 0.6 is 11.6 Å². The number of nitrogen functional groups attached to an aromatic ring is 1. The Hall–Kier alpha value is -1.61. The minimum atomic E-state index is 0.217. The second-order valence-corrected chi connectivity index (χ2v) is 4.68. The molecule has 4 heteroatoms. The van der Waals surface area contributed by atoms with Crippen LogP contribution in [0.15, 0.2) is 18.2 Å². The highest BCUT2D eigenvalue weighted by Gasteiger charge is 2.15. The summed E-state index contributed by atoms with van der Waals surface area (Å²) in [5.74, 6) is 0.217. The molecule has 0 radical (unpaired) electrons. The van der Waals surface area contributed by atoms with Gasteiger partial charge in [0.2, 0.25) is 5.95 Å². The van der Waals surface area contributed by atoms with Crippen molar-refractivity contribution < 1.29 is 0 Å². The first kappa shape index (κ1) is 12.8. The van der Waals surface area contributed by atoms with Crippen molar-refractivity contribution in [1.29, 1.82) is 0 Å². The lowest BCUT2D eigenvalue weighted by Gasteiger charge is -2.14. The van der Waals surface area contributed by atoms with Gasteiger partial charge in [0.1, 0.15) is 5.15 Å². The van der Waals surface area contributed by atoms with Crippen LogP contribution in [0.3, 0.4) is 0 Å². The number of halogens is 1. The molecule has 94 valence electrons. The normalized spacial score (nSPS) is 10.7. The molecule has 18 heavy (non-hydrogen) atoms. The molecule has 0 spiro atoms. The SMILES string of the molecule is CCc1c(Cl)nc(N)nc1-c1c(C)cccc1C. The summed E-state index contributed by atoms with van der Waals surface area (Å²) in [6.45, 7) is 6.17. The Balaban J connectivity index is 2.78. The molecule has 2 N–H and O–H groups in total. The molecule has 0 unspecified atom stereocenters. The number of rotatable bonds is 2. The molecule has 0 saturated carbocycles. The molecule has 1 aromatic heterocycles. The summed E-state index contributed by atoms with van der Waals surface area (Å²) in [6, 6.07) is 6.16. The first-order chi connectivity index (χ1) is 8.54. The van der Waals surface area contributed by atoms with Crippen molar-refractivity contribution in [3.63, 3.8) is 0 Å². The molecule has 0 aliphatic heterocycles. The van der Waals surface area contributed by atoms with Gasteiger partial charge < -0.3 is 5.73 Å². The van der Waals surface area contributed by atoms with Crippen molar-refractivity contribution >= 4 is 17.5 Å². The molecule has 0 saturated heterocycles. The Morgan fingerprint density at radius 3 is 2.33 bits per heavy atom. The van der Waals surface area contributed by atoms with E-state index in [1.165, 1.54) is 11.1 Å². The molecule has 3 nitrogen and oxygen atoms in total. The number of hydrogen-bond acceptors (Lipinski definition) is 3. The first-order valence-corrected chi connectivity index (χ1v) is 6.30. The molecule has 2 rings (SSSR count). The second-order valence-electron chi connectivity index (χ2n) is 4.32. The van der Waals surface area contributed by atoms with Gasteiger partial charge in [0.15, 0.2) is 0 Å². The van der Waals surface area contributed by atoms with E-state index in [1.807, 2.05) is 13.0 Å². The highest BCUT2D eigenvalue weighted by molar-refractivity contribution is 6.30. The maximum atomic E-state index is 6.16. The summed E-state index contributed by atoms with van der Waals surface area (Å²) in [5, 5.41) is 0.447. The van der Waals surface area contributed by atoms with Gasteiger partial charge >= 0.3 is 0 Å². The Kier molecular flexibility index (Phi) is 3.53. The number of aromatic nitrogens is 2. The van der Waals surface area contributed by atoms with Crippen molar-refractivity contribution in [2.24, 2.45) is 0 Å². The van der Waals surface area contributed by atoms with Crippen molar-refractivity contribution in [3.05, 3.63) is 40.0 Å². The van der Waals surface area contributed by atoms with E-state index >= 15 is 0 Å². The Morgan fingerprint density at radius 1 is 1.17 bits per heavy atom. The van der Waals surface area contributed by atoms with E-state index in [1.54, 1.807) is 0 Å². The lowest BCUT2D eigenvalue weighted by atomic mass is 9.96. The van der Waals surface area contributed by atoms with E-state index in [9.17, 15) is 0 Å². The highest BCUT2D eigenvalue weighted by Crippen LogP contribution is 2.32. The molecular formula is C14H16ClN3. The van der Waals surface area contributed by atoms with Gasteiger partial charge in [-0.05, 0) is 31.4 Å². The molecular weight excluding hydrogens is 246 g/mol. The van der Waals surface area contributed by atoms with Crippen LogP contribution in [0, 0.1) is 13.8 Å². The van der Waals surface area contributed by atoms with Crippen LogP contribution in [0.1, 0.15) is 23.6 Å². The molecule has 0 bridgehead atoms. The third-order valence-electron chi connectivity index (χ3n) is 3.05. The summed E-state index contributed by atoms with van der Waals surface area (Å²) in [4.78, 5) is 8.40. The van der Waals surface area contributed by atoms with Gasteiger partial charge in [0.05, 0.1) is 5.69 Å². The lowest BCUT2D eigenvalue weighted by Crippen LogP contribution is -2.03. The molecule has 0 aliphatic rings. The monoisotopic (exact) mass is 261 g/mol. The predicted molar refractivity (Wildman–Crippen MR) is 75.7 cm³/mol. The fourth-order valence-corrected chi connectivity index (χ4v) is 2.49. The van der Waals surface area contributed by atoms with Gasteiger partial charge in [-0.25, -0.2) is 9.97 Å². The zero-order chi connectivity index (χ0) is 13.3. The highest BCUT2D eigenvalue weighted by atomic mass is 35.5. The first-order valence-electron chi connectivity index (χ1n) is 5.93. The van der Waals surface area contributed by atoms with E-state index in [0.29, 0.717) is 5.15 Å². The largest absolute Gasteiger partial charge is 0.368 e. The van der Waals surface area contributed by atoms with Crippen molar-refractivity contribution in [3.8, 4) is 11.3 Å². The minimum Gasteiger partial charge on any atom is -0.368 e. The summed E-state index contributed by atoms with van der Waals surface area (Å²) < 4.78 is 0. The van der Waals surface area contributed by atoms with Crippen molar-refractivity contribution in [2.75, 3.05) is 5.73 Å². The molecule has 2 aromatic rings. The molecule has 0 atom stereocenters. The minimum absolute atomic E-state index is 0.217. The number of benzene rings is 1. The Bertz CT molecular complexity index is 574. The molecule has 0 aliphatic carbocycles. The Labute approximate surface area is 112 Å². The second kappa shape index (κ2) is 4.94. The molecule has 1 heterocycles. The fourth-order valence-electron chi connectivity index (χ4n) is 2.18. The predicted octanol–water partition coefficient (Wildman–Crippen LogP) is 3.56. The zero-order valence-electron chi connectivity index (χ0n) is 10.8. The van der Waals surface area contributed by atoms with E-state index in [0.717, 1.165) is 23.2 Å². The molecule has 0 fully saturated rings. The average Bonchev–Trinajstić information content (AvgIpc) is 2.28. The van der Waals surface area contributed by atoms with Crippen LogP contribution in [0.25, 0.3) is 11.3 Å². The zero-order valence-corrected chi connectivity index (χ0v) is 11.5. The number of anilines is 1. The number of hydrogen-bond donors (Lipinski definition) is 1. The topological polar surface area (TPSA) is 51.8 Å². The van der Waals surface area contributed by atoms with E-state index in [4.69, 9.17) is 17.3 Å². The van der Waals surface area contributed by atoms with Gasteiger partial charge in [0, 0.05) is 11.1 Å². The number of aryl methyl sites for hydroxylation is 2. The maximum Gasteiger partial charge on any atom is 0.222 e. The molecule has 0 amide bonds. The fraction of sp³-hybridized carbons (Fsp3) is 0.286. The lowest BCUT2D eigenvalue weighted by molar-refractivity contribution is 1.06. The number of nitrogens with two attached hydrogens (primary N) is 1. The van der Waals surface area contributed by atoms with Crippen LogP contribution in [-0.2, 0) is 6.42 Å². The van der Waals surface area contributed by atoms with E-state index < -0.39 is 0 Å². The van der Waals surface area contributed by atoms with Gasteiger partial charge in [-0.3, -0.25) is 0 Å². The summed E-state index contributed by atoms with van der Waals surface area (Å²) in [7, 11) is 0. The number of nitrogens with zero attached hydrogens (tertiary/aromatic N) is 2. The molecule has 1 aromatic carbocycles. The quantitative estimate of drug-likeness (QED) is 0.841. The standard InChI is InChI=1S/C14H16ClN3/c1-4-10-12(17-14(16)18-13(10)15)11-8(2)6-5-7-9(11)3/h5-7H,4H2,1-3H3,(H2,16,17,18). The van der Waals surface area contributed by atoms with Gasteiger partial charge in [-0.2, -0.15) is 0 Å². The van der Waals surface area contributed by atoms with Crippen LogP contribution < -0.4 is 5.73 Å². The van der Waals surface area contributed by atoms with Crippen molar-refractivity contribution in [2.45, 2.75) is 27.2 Å². The van der Waals surface area contributed by atoms with Gasteiger partial charge in [-0.1, -0.05) is 36.7 Å². The maximum absolute atomic E-state index is 6.16. The van der Waals surface area contributed by atoms with Crippen LogP contribution in [0.2, 0.25) is 5.15 Å². The van der Waals surface area contributed by atoms with Crippen molar-refractivity contribution in [1.82, 2.24) is 9.97 Å². The third-order valence-corrected chi connectivity index (χ3v) is 3.36. The summed E-state index contributed by atoms with van der Waals surface area (Å²) in [5.41, 5.74) is 10.9. The Morgan fingerprint density at radius 2 is 1.78 bits per heavy atom.